The van der Waals surface area contributed by atoms with E-state index >= 15 is 0 Å². The maximum Gasteiger partial charge on any atom is 0.265 e. The van der Waals surface area contributed by atoms with Crippen LogP contribution in [-0.4, -0.2) is 22.3 Å². The first kappa shape index (κ1) is 13.7. The number of methoxy groups -OCH3 is 1. The lowest BCUT2D eigenvalue weighted by molar-refractivity contribution is 0.0460. The topological polar surface area (TPSA) is 52.6 Å². The first-order valence-corrected chi connectivity index (χ1v) is 7.02. The minimum atomic E-state index is -4.09. The summed E-state index contributed by atoms with van der Waals surface area (Å²) in [7, 11) is 2.39. The molecule has 0 fully saturated rings. The number of halogens is 3. The van der Waals surface area contributed by atoms with Crippen molar-refractivity contribution in [2.45, 2.75) is 4.90 Å². The Bertz CT molecular complexity index is 491. The fraction of sp³-hybridized carbons (Fsp3) is 0.250. The van der Waals surface area contributed by atoms with Crippen molar-refractivity contribution in [2.24, 2.45) is 0 Å². The van der Waals surface area contributed by atoms with Crippen molar-refractivity contribution in [3.05, 3.63) is 22.4 Å². The van der Waals surface area contributed by atoms with Crippen LogP contribution in [0, 0.1) is 5.82 Å². The van der Waals surface area contributed by atoms with E-state index in [1.807, 2.05) is 0 Å². The highest BCUT2D eigenvalue weighted by Gasteiger charge is 2.21. The lowest BCUT2D eigenvalue weighted by atomic mass is 10.3. The molecule has 0 aliphatic heterocycles. The van der Waals surface area contributed by atoms with E-state index in [1.165, 1.54) is 7.11 Å². The molecule has 0 aliphatic carbocycles. The fourth-order valence-electron chi connectivity index (χ4n) is 0.976. The monoisotopic (exact) mass is 332 g/mol. The fourth-order valence-corrected chi connectivity index (χ4v) is 2.55. The van der Waals surface area contributed by atoms with Crippen molar-refractivity contribution in [1.82, 2.24) is 0 Å². The van der Waals surface area contributed by atoms with E-state index in [4.69, 9.17) is 15.4 Å². The Morgan fingerprint density at radius 2 is 2.12 bits per heavy atom. The summed E-state index contributed by atoms with van der Waals surface area (Å²) < 4.78 is 45.4. The summed E-state index contributed by atoms with van der Waals surface area (Å²) in [4.78, 5) is -0.446. The molecule has 0 saturated carbocycles. The molecule has 0 bridgehead atoms. The van der Waals surface area contributed by atoms with Crippen LogP contribution in [-0.2, 0) is 13.8 Å². The van der Waals surface area contributed by atoms with E-state index in [0.717, 1.165) is 12.1 Å². The van der Waals surface area contributed by atoms with Crippen LogP contribution in [0.15, 0.2) is 21.5 Å². The summed E-state index contributed by atoms with van der Waals surface area (Å²) >= 11 is 2.96. The van der Waals surface area contributed by atoms with Gasteiger partial charge >= 0.3 is 0 Å². The minimum Gasteiger partial charge on any atom is -0.463 e. The standard InChI is InChI=1S/C8H7BrClFO4S/c1-14-4-15-8-6(11)2-5(9)3-7(8)16(10,12)13/h2-3H,4H2,1H3. The molecule has 0 aliphatic rings. The zero-order valence-corrected chi connectivity index (χ0v) is 11.2. The summed E-state index contributed by atoms with van der Waals surface area (Å²) in [6.07, 6.45) is 0. The second-order valence-corrected chi connectivity index (χ2v) is 6.15. The first-order chi connectivity index (χ1) is 7.36. The summed E-state index contributed by atoms with van der Waals surface area (Å²) in [5, 5.41) is 0. The highest BCUT2D eigenvalue weighted by Crippen LogP contribution is 2.32. The summed E-state index contributed by atoms with van der Waals surface area (Å²) in [5.74, 6) is -1.30. The van der Waals surface area contributed by atoms with E-state index in [9.17, 15) is 12.8 Å². The molecule has 1 aromatic rings. The average molecular weight is 334 g/mol. The molecule has 16 heavy (non-hydrogen) atoms. The van der Waals surface area contributed by atoms with Crippen molar-refractivity contribution in [2.75, 3.05) is 13.9 Å². The summed E-state index contributed by atoms with van der Waals surface area (Å²) in [5.41, 5.74) is 0. The smallest absolute Gasteiger partial charge is 0.265 e. The van der Waals surface area contributed by atoms with Gasteiger partial charge in [0, 0.05) is 22.3 Å². The highest BCUT2D eigenvalue weighted by atomic mass is 79.9. The van der Waals surface area contributed by atoms with Crippen LogP contribution in [0.1, 0.15) is 0 Å². The van der Waals surface area contributed by atoms with Gasteiger partial charge in [-0.3, -0.25) is 0 Å². The predicted molar refractivity (Wildman–Crippen MR) is 59.6 cm³/mol. The maximum atomic E-state index is 13.4. The molecule has 0 N–H and O–H groups in total. The van der Waals surface area contributed by atoms with E-state index in [2.05, 4.69) is 20.7 Å². The molecule has 90 valence electrons. The van der Waals surface area contributed by atoms with Gasteiger partial charge in [-0.15, -0.1) is 0 Å². The molecule has 1 aromatic carbocycles. The predicted octanol–water partition coefficient (Wildman–Crippen LogP) is 2.50. The van der Waals surface area contributed by atoms with Gasteiger partial charge in [-0.1, -0.05) is 15.9 Å². The number of ether oxygens (including phenoxy) is 2. The quantitative estimate of drug-likeness (QED) is 0.627. The van der Waals surface area contributed by atoms with Gasteiger partial charge in [0.1, 0.15) is 4.90 Å². The maximum absolute atomic E-state index is 13.4. The highest BCUT2D eigenvalue weighted by molar-refractivity contribution is 9.10. The van der Waals surface area contributed by atoms with Gasteiger partial charge in [0.2, 0.25) is 0 Å². The molecule has 0 saturated heterocycles. The van der Waals surface area contributed by atoms with Gasteiger partial charge in [-0.05, 0) is 12.1 Å². The molecule has 0 atom stereocenters. The molecule has 0 spiro atoms. The number of hydrogen-bond donors (Lipinski definition) is 0. The minimum absolute atomic E-state index is 0.244. The van der Waals surface area contributed by atoms with Crippen LogP contribution >= 0.6 is 26.6 Å². The molecule has 0 amide bonds. The zero-order valence-electron chi connectivity index (χ0n) is 8.04. The third kappa shape index (κ3) is 3.31. The van der Waals surface area contributed by atoms with Crippen molar-refractivity contribution < 1.29 is 22.3 Å². The summed E-state index contributed by atoms with van der Waals surface area (Å²) in [6, 6.07) is 2.22. The second-order valence-electron chi connectivity index (χ2n) is 2.70. The molecule has 0 aromatic heterocycles. The molecular weight excluding hydrogens is 327 g/mol. The van der Waals surface area contributed by atoms with Gasteiger partial charge in [0.25, 0.3) is 9.05 Å². The molecule has 8 heteroatoms. The molecule has 0 heterocycles. The third-order valence-corrected chi connectivity index (χ3v) is 3.34. The van der Waals surface area contributed by atoms with Crippen molar-refractivity contribution in [3.8, 4) is 5.75 Å². The van der Waals surface area contributed by atoms with Gasteiger partial charge in [0.15, 0.2) is 18.4 Å². The molecule has 0 unspecified atom stereocenters. The Morgan fingerprint density at radius 1 is 1.50 bits per heavy atom. The van der Waals surface area contributed by atoms with E-state index in [-0.39, 0.29) is 11.3 Å². The number of benzene rings is 1. The lowest BCUT2D eigenvalue weighted by Crippen LogP contribution is -2.05. The van der Waals surface area contributed by atoms with Crippen LogP contribution in [0.5, 0.6) is 5.75 Å². The third-order valence-electron chi connectivity index (χ3n) is 1.56. The van der Waals surface area contributed by atoms with Gasteiger partial charge in [-0.2, -0.15) is 0 Å². The molecule has 1 rings (SSSR count). The molecule has 4 nitrogen and oxygen atoms in total. The lowest BCUT2D eigenvalue weighted by Gasteiger charge is -2.10. The number of hydrogen-bond acceptors (Lipinski definition) is 4. The van der Waals surface area contributed by atoms with Crippen LogP contribution in [0.2, 0.25) is 0 Å². The van der Waals surface area contributed by atoms with Crippen molar-refractivity contribution in [1.29, 1.82) is 0 Å². The Balaban J connectivity index is 3.33. The van der Waals surface area contributed by atoms with Crippen LogP contribution in [0.25, 0.3) is 0 Å². The van der Waals surface area contributed by atoms with Crippen LogP contribution in [0.4, 0.5) is 4.39 Å². The Morgan fingerprint density at radius 3 is 2.62 bits per heavy atom. The molecular formula is C8H7BrClFO4S. The normalized spacial score (nSPS) is 11.5. The van der Waals surface area contributed by atoms with Gasteiger partial charge in [-0.25, -0.2) is 12.8 Å². The average Bonchev–Trinajstić information content (AvgIpc) is 2.14. The van der Waals surface area contributed by atoms with Gasteiger partial charge < -0.3 is 9.47 Å². The van der Waals surface area contributed by atoms with Crippen molar-refractivity contribution in [3.63, 3.8) is 0 Å². The Hall–Kier alpha value is -0.370. The van der Waals surface area contributed by atoms with E-state index < -0.39 is 25.5 Å². The largest absolute Gasteiger partial charge is 0.463 e. The Kier molecular flexibility index (Phi) is 4.54. The second kappa shape index (κ2) is 5.31. The van der Waals surface area contributed by atoms with E-state index in [1.54, 1.807) is 0 Å². The van der Waals surface area contributed by atoms with Crippen LogP contribution < -0.4 is 4.74 Å². The van der Waals surface area contributed by atoms with Crippen molar-refractivity contribution >= 4 is 35.7 Å². The zero-order chi connectivity index (χ0) is 12.3. The number of rotatable bonds is 4. The SMILES string of the molecule is COCOc1c(F)cc(Br)cc1S(=O)(=O)Cl. The summed E-state index contributed by atoms with van der Waals surface area (Å²) in [6.45, 7) is -0.280. The molecule has 0 radical (unpaired) electrons. The van der Waals surface area contributed by atoms with Crippen LogP contribution in [0.3, 0.4) is 0 Å². The van der Waals surface area contributed by atoms with E-state index in [0.29, 0.717) is 0 Å². The van der Waals surface area contributed by atoms with Gasteiger partial charge in [0.05, 0.1) is 0 Å². The first-order valence-electron chi connectivity index (χ1n) is 3.91. The Labute approximate surface area is 105 Å².